The molecule has 308 valence electrons. The Labute approximate surface area is 344 Å². The number of nitrogens with zero attached hydrogens (tertiary/aromatic N) is 4. The summed E-state index contributed by atoms with van der Waals surface area (Å²) in [5.41, 5.74) is 5.41. The van der Waals surface area contributed by atoms with Crippen molar-refractivity contribution in [2.24, 2.45) is 5.92 Å². The molecule has 0 spiro atoms. The molecule has 3 saturated heterocycles. The van der Waals surface area contributed by atoms with Crippen molar-refractivity contribution in [1.82, 2.24) is 15.1 Å². The Kier molecular flexibility index (Phi) is 10.2. The van der Waals surface area contributed by atoms with E-state index in [-0.39, 0.29) is 41.6 Å². The molecule has 59 heavy (non-hydrogen) atoms. The molecule has 3 atom stereocenters. The third-order valence-corrected chi connectivity index (χ3v) is 13.3. The van der Waals surface area contributed by atoms with Crippen molar-refractivity contribution < 1.29 is 33.4 Å². The van der Waals surface area contributed by atoms with E-state index in [1.54, 1.807) is 30.2 Å². The van der Waals surface area contributed by atoms with Gasteiger partial charge in [0.15, 0.2) is 0 Å². The summed E-state index contributed by atoms with van der Waals surface area (Å²) in [6.07, 6.45) is 2.58. The number of methoxy groups -OCH3 is 1. The minimum absolute atomic E-state index is 0.128. The van der Waals surface area contributed by atoms with Crippen LogP contribution in [0.25, 0.3) is 0 Å². The summed E-state index contributed by atoms with van der Waals surface area (Å²) >= 11 is 0. The number of rotatable bonds is 8. The first-order chi connectivity index (χ1) is 28.4. The Balaban J connectivity index is 0.821. The molecule has 4 aromatic carbocycles. The van der Waals surface area contributed by atoms with Gasteiger partial charge in [0, 0.05) is 93.5 Å². The van der Waals surface area contributed by atoms with Gasteiger partial charge in [0.2, 0.25) is 11.8 Å². The highest BCUT2D eigenvalue weighted by Gasteiger charge is 2.46. The number of phenols is 1. The first kappa shape index (κ1) is 38.9. The number of fused-ring (bicyclic) bond motifs is 2. The molecular weight excluding hydrogens is 750 g/mol. The van der Waals surface area contributed by atoms with E-state index in [4.69, 9.17) is 9.47 Å². The molecule has 12 heteroatoms. The van der Waals surface area contributed by atoms with Crippen LogP contribution in [0.1, 0.15) is 84.0 Å². The predicted molar refractivity (Wildman–Crippen MR) is 223 cm³/mol. The van der Waals surface area contributed by atoms with Crippen LogP contribution in [0.2, 0.25) is 0 Å². The lowest BCUT2D eigenvalue weighted by Crippen LogP contribution is -2.52. The molecule has 4 aromatic rings. The molecule has 0 aliphatic carbocycles. The highest BCUT2D eigenvalue weighted by Crippen LogP contribution is 2.54. The van der Waals surface area contributed by atoms with Crippen LogP contribution in [0.15, 0.2) is 78.9 Å². The highest BCUT2D eigenvalue weighted by molar-refractivity contribution is 6.05. The maximum atomic E-state index is 16.4. The highest BCUT2D eigenvalue weighted by atomic mass is 19.1. The Morgan fingerprint density at radius 1 is 0.864 bits per heavy atom. The number of hydrogen-bond acceptors (Lipinski definition) is 9. The summed E-state index contributed by atoms with van der Waals surface area (Å²) in [6.45, 7) is 10.7. The topological polar surface area (TPSA) is 115 Å². The number of ether oxygens (including phenoxy) is 2. The normalized spacial score (nSPS) is 23.4. The Morgan fingerprint density at radius 3 is 2.41 bits per heavy atom. The van der Waals surface area contributed by atoms with Gasteiger partial charge in [0.25, 0.3) is 5.91 Å². The van der Waals surface area contributed by atoms with Gasteiger partial charge in [-0.1, -0.05) is 24.3 Å². The number of hydrogen-bond donors (Lipinski definition) is 2. The fourth-order valence-electron chi connectivity index (χ4n) is 10.2. The molecule has 0 bridgehead atoms. The van der Waals surface area contributed by atoms with Crippen LogP contribution in [-0.2, 0) is 16.1 Å². The van der Waals surface area contributed by atoms with Crippen molar-refractivity contribution in [2.75, 3.05) is 62.7 Å². The number of imide groups is 1. The van der Waals surface area contributed by atoms with Crippen molar-refractivity contribution in [2.45, 2.75) is 69.6 Å². The zero-order chi connectivity index (χ0) is 41.0. The van der Waals surface area contributed by atoms with Crippen molar-refractivity contribution >= 4 is 29.1 Å². The van der Waals surface area contributed by atoms with Crippen LogP contribution in [-0.4, -0.2) is 97.2 Å². The summed E-state index contributed by atoms with van der Waals surface area (Å²) in [4.78, 5) is 46.0. The summed E-state index contributed by atoms with van der Waals surface area (Å²) in [6, 6.07) is 24.3. The molecule has 2 N–H and O–H groups in total. The average Bonchev–Trinajstić information content (AvgIpc) is 3.55. The number of piperazine rings is 1. The molecule has 0 saturated carbocycles. The number of amides is 3. The molecule has 5 aliphatic rings. The number of piperidine rings is 2. The van der Waals surface area contributed by atoms with Gasteiger partial charge in [-0.2, -0.15) is 0 Å². The van der Waals surface area contributed by atoms with Gasteiger partial charge in [0.1, 0.15) is 34.7 Å². The van der Waals surface area contributed by atoms with Gasteiger partial charge in [-0.05, 0) is 104 Å². The van der Waals surface area contributed by atoms with Crippen LogP contribution in [0.3, 0.4) is 0 Å². The number of halogens is 1. The molecule has 11 nitrogen and oxygen atoms in total. The van der Waals surface area contributed by atoms with Gasteiger partial charge in [0.05, 0.1) is 12.8 Å². The molecule has 5 aliphatic heterocycles. The number of nitrogens with one attached hydrogen (secondary N) is 1. The third-order valence-electron chi connectivity index (χ3n) is 13.3. The van der Waals surface area contributed by atoms with Crippen molar-refractivity contribution in [1.29, 1.82) is 0 Å². The minimum atomic E-state index is -0.672. The lowest BCUT2D eigenvalue weighted by atomic mass is 9.68. The molecule has 3 amide bonds. The van der Waals surface area contributed by atoms with Gasteiger partial charge in [-0.3, -0.25) is 24.6 Å². The van der Waals surface area contributed by atoms with Crippen LogP contribution in [0.5, 0.6) is 17.2 Å². The zero-order valence-electron chi connectivity index (χ0n) is 34.0. The zero-order valence-corrected chi connectivity index (χ0v) is 34.0. The van der Waals surface area contributed by atoms with E-state index in [1.807, 2.05) is 56.3 Å². The minimum Gasteiger partial charge on any atom is -0.508 e. The smallest absolute Gasteiger partial charge is 0.255 e. The molecule has 3 fully saturated rings. The molecule has 9 rings (SSSR count). The molecular formula is C47H52FN5O6. The summed E-state index contributed by atoms with van der Waals surface area (Å²) in [5, 5.41) is 12.7. The first-order valence-corrected chi connectivity index (χ1v) is 20.9. The fraction of sp³-hybridized carbons (Fsp3) is 0.426. The summed E-state index contributed by atoms with van der Waals surface area (Å²) in [5.74, 6) is 0.572. The van der Waals surface area contributed by atoms with Gasteiger partial charge in [-0.15, -0.1) is 0 Å². The van der Waals surface area contributed by atoms with E-state index in [0.29, 0.717) is 35.9 Å². The van der Waals surface area contributed by atoms with E-state index in [2.05, 4.69) is 38.2 Å². The average molecular weight is 802 g/mol. The van der Waals surface area contributed by atoms with E-state index in [1.165, 1.54) is 0 Å². The second-order valence-corrected chi connectivity index (χ2v) is 17.3. The van der Waals surface area contributed by atoms with Crippen LogP contribution in [0, 0.1) is 11.7 Å². The Hall–Kier alpha value is -5.62. The monoisotopic (exact) mass is 801 g/mol. The van der Waals surface area contributed by atoms with Crippen molar-refractivity contribution in [3.63, 3.8) is 0 Å². The maximum absolute atomic E-state index is 16.4. The predicted octanol–water partition coefficient (Wildman–Crippen LogP) is 6.43. The lowest BCUT2D eigenvalue weighted by Gasteiger charge is -2.46. The Morgan fingerprint density at radius 2 is 1.66 bits per heavy atom. The molecule has 0 aromatic heterocycles. The lowest BCUT2D eigenvalue weighted by molar-refractivity contribution is -0.136. The quantitative estimate of drug-likeness (QED) is 0.195. The van der Waals surface area contributed by atoms with Crippen LogP contribution < -0.4 is 24.6 Å². The van der Waals surface area contributed by atoms with E-state index < -0.39 is 17.6 Å². The number of anilines is 2. The van der Waals surface area contributed by atoms with E-state index in [9.17, 15) is 19.5 Å². The summed E-state index contributed by atoms with van der Waals surface area (Å²) in [7, 11) is 1.65. The van der Waals surface area contributed by atoms with Gasteiger partial charge in [-0.25, -0.2) is 4.39 Å². The standard InChI is InChI=1S/C47H52FN5O6/c1-47(2)44(31-5-4-6-35(24-31)58-3)43(37-11-9-34(54)26-41(37)59-47)30-7-12-39(38(48)25-30)52-17-15-29(16-18-52)27-50-19-21-51(22-20-50)33-8-10-36-32(23-33)28-53(46(36)57)40-13-14-42(55)49-45(40)56/h4-12,23-26,29,40,43-44,54H,13-22,27-28H2,1-3H3,(H,49,55,56)/t40-,43-,44-/m0/s1. The second kappa shape index (κ2) is 15.5. The fourth-order valence-corrected chi connectivity index (χ4v) is 10.2. The number of aromatic hydroxyl groups is 1. The largest absolute Gasteiger partial charge is 0.508 e. The molecule has 5 heterocycles. The number of benzene rings is 4. The number of carbonyl (C=O) groups is 3. The number of phenolic OH excluding ortho intramolecular Hbond substituents is 1. The SMILES string of the molecule is COc1cccc([C@H]2[C@@H](c3ccc(N4CCC(CN5CCN(c6ccc7c(c6)CN([C@H]6CCC(=O)NC6=O)C7=O)CC5)CC4)c(F)c3)c3ccc(O)cc3OC2(C)C)c1. The van der Waals surface area contributed by atoms with Gasteiger partial charge >= 0.3 is 0 Å². The maximum Gasteiger partial charge on any atom is 0.255 e. The summed E-state index contributed by atoms with van der Waals surface area (Å²) < 4.78 is 28.5. The third kappa shape index (κ3) is 7.47. The first-order valence-electron chi connectivity index (χ1n) is 20.9. The van der Waals surface area contributed by atoms with Crippen molar-refractivity contribution in [3.05, 3.63) is 112 Å². The van der Waals surface area contributed by atoms with E-state index in [0.717, 1.165) is 92.3 Å². The van der Waals surface area contributed by atoms with E-state index >= 15 is 4.39 Å². The second-order valence-electron chi connectivity index (χ2n) is 17.3. The number of carbonyl (C=O) groups excluding carboxylic acids is 3. The Bertz CT molecular complexity index is 2280. The molecule has 0 unspecified atom stereocenters. The van der Waals surface area contributed by atoms with Crippen LogP contribution >= 0.6 is 0 Å². The molecule has 0 radical (unpaired) electrons. The van der Waals surface area contributed by atoms with Crippen molar-refractivity contribution in [3.8, 4) is 17.2 Å². The van der Waals surface area contributed by atoms with Gasteiger partial charge < -0.3 is 29.3 Å². The van der Waals surface area contributed by atoms with Crippen LogP contribution in [0.4, 0.5) is 15.8 Å².